The number of rotatable bonds is 4. The van der Waals surface area contributed by atoms with Crippen LogP contribution in [0.2, 0.25) is 0 Å². The van der Waals surface area contributed by atoms with Gasteiger partial charge in [0.2, 0.25) is 0 Å². The summed E-state index contributed by atoms with van der Waals surface area (Å²) in [6, 6.07) is 5.80. The molecule has 1 N–H and O–H groups in total. The van der Waals surface area contributed by atoms with Crippen molar-refractivity contribution in [3.05, 3.63) is 30.6 Å². The van der Waals surface area contributed by atoms with Crippen molar-refractivity contribution >= 4 is 18.7 Å². The molecule has 2 rings (SSSR count). The monoisotopic (exact) mass is 245 g/mol. The minimum atomic E-state index is -0.927. The van der Waals surface area contributed by atoms with Crippen molar-refractivity contribution in [2.45, 2.75) is 38.9 Å². The van der Waals surface area contributed by atoms with Gasteiger partial charge in [-0.25, -0.2) is 4.98 Å². The quantitative estimate of drug-likeness (QED) is 0.822. The molecule has 2 heterocycles. The Morgan fingerprint density at radius 1 is 1.28 bits per heavy atom. The first-order chi connectivity index (χ1) is 8.31. The van der Waals surface area contributed by atoms with Crippen molar-refractivity contribution in [3.8, 4) is 0 Å². The van der Waals surface area contributed by atoms with Gasteiger partial charge in [0.25, 0.3) is 0 Å². The van der Waals surface area contributed by atoms with Crippen LogP contribution in [0.3, 0.4) is 0 Å². The Kier molecular flexibility index (Phi) is 3.21. The molecule has 0 aliphatic rings. The molecule has 0 atom stereocenters. The Bertz CT molecular complexity index is 543. The normalized spacial score (nSPS) is 12.9. The zero-order valence-corrected chi connectivity index (χ0v) is 11.2. The van der Waals surface area contributed by atoms with Crippen molar-refractivity contribution in [2.24, 2.45) is 0 Å². The minimum Gasteiger partial charge on any atom is -0.425 e. The molecule has 4 nitrogen and oxygen atoms in total. The zero-order chi connectivity index (χ0) is 13.4. The van der Waals surface area contributed by atoms with E-state index in [0.717, 1.165) is 11.2 Å². The molecule has 18 heavy (non-hydrogen) atoms. The summed E-state index contributed by atoms with van der Waals surface area (Å²) in [6.07, 6.45) is 3.67. The second kappa shape index (κ2) is 4.41. The van der Waals surface area contributed by atoms with Gasteiger partial charge >= 0.3 is 7.48 Å². The molecule has 0 spiro atoms. The van der Waals surface area contributed by atoms with Crippen molar-refractivity contribution in [3.63, 3.8) is 0 Å². The maximum atomic E-state index is 10.0. The molecule has 0 aliphatic carbocycles. The van der Waals surface area contributed by atoms with E-state index in [1.165, 1.54) is 0 Å². The summed E-state index contributed by atoms with van der Waals surface area (Å²) in [7, 11) is 1.64. The molecule has 0 aromatic carbocycles. The number of hydrogen-bond acceptors (Lipinski definition) is 3. The number of fused-ring (bicyclic) bond motifs is 1. The first-order valence-electron chi connectivity index (χ1n) is 5.97. The third kappa shape index (κ3) is 2.42. The van der Waals surface area contributed by atoms with E-state index in [1.807, 2.05) is 42.6 Å². The standard InChI is InChI=1S/C13H18BN2O2/c1-12(2,17)13(3,4)18-14-10-9-15-11-7-5-6-8-16(10)11/h5-9,17H,1-4H3. The molecule has 95 valence electrons. The highest BCUT2D eigenvalue weighted by Crippen LogP contribution is 2.24. The van der Waals surface area contributed by atoms with Crippen molar-refractivity contribution in [1.82, 2.24) is 9.38 Å². The largest absolute Gasteiger partial charge is 0.425 e. The van der Waals surface area contributed by atoms with E-state index in [1.54, 1.807) is 27.5 Å². The van der Waals surface area contributed by atoms with Crippen LogP contribution in [0.15, 0.2) is 30.6 Å². The molecule has 0 fully saturated rings. The van der Waals surface area contributed by atoms with Crippen LogP contribution in [-0.4, -0.2) is 33.2 Å². The van der Waals surface area contributed by atoms with Crippen LogP contribution in [0.1, 0.15) is 27.7 Å². The first-order valence-corrected chi connectivity index (χ1v) is 5.97. The fourth-order valence-electron chi connectivity index (χ4n) is 1.39. The predicted octanol–water partition coefficient (Wildman–Crippen LogP) is 1.14. The van der Waals surface area contributed by atoms with E-state index in [4.69, 9.17) is 4.65 Å². The molecule has 0 saturated carbocycles. The van der Waals surface area contributed by atoms with Gasteiger partial charge < -0.3 is 14.2 Å². The lowest BCUT2D eigenvalue weighted by Crippen LogP contribution is -2.49. The summed E-state index contributed by atoms with van der Waals surface area (Å²) >= 11 is 0. The van der Waals surface area contributed by atoms with E-state index in [9.17, 15) is 5.11 Å². The summed E-state index contributed by atoms with van der Waals surface area (Å²) < 4.78 is 7.64. The maximum absolute atomic E-state index is 10.0. The van der Waals surface area contributed by atoms with Crippen LogP contribution < -0.4 is 5.59 Å². The number of aromatic nitrogens is 2. The van der Waals surface area contributed by atoms with Crippen LogP contribution in [0.5, 0.6) is 0 Å². The molecule has 0 aliphatic heterocycles. The van der Waals surface area contributed by atoms with Gasteiger partial charge in [-0.3, -0.25) is 0 Å². The summed E-state index contributed by atoms with van der Waals surface area (Å²) in [4.78, 5) is 4.27. The maximum Gasteiger partial charge on any atom is 0.351 e. The summed E-state index contributed by atoms with van der Waals surface area (Å²) in [6.45, 7) is 7.17. The highest BCUT2D eigenvalue weighted by molar-refractivity contribution is 6.46. The van der Waals surface area contributed by atoms with E-state index in [0.29, 0.717) is 0 Å². The van der Waals surface area contributed by atoms with Gasteiger partial charge in [0, 0.05) is 18.0 Å². The molecule has 2 aromatic heterocycles. The highest BCUT2D eigenvalue weighted by Gasteiger charge is 2.35. The lowest BCUT2D eigenvalue weighted by atomic mass is 9.85. The third-order valence-corrected chi connectivity index (χ3v) is 3.39. The zero-order valence-electron chi connectivity index (χ0n) is 11.2. The number of pyridine rings is 1. The number of nitrogens with zero attached hydrogens (tertiary/aromatic N) is 2. The summed E-state index contributed by atoms with van der Waals surface area (Å²) in [5.41, 5.74) is 0.118. The lowest BCUT2D eigenvalue weighted by molar-refractivity contribution is -0.0893. The van der Waals surface area contributed by atoms with Crippen LogP contribution in [-0.2, 0) is 4.65 Å². The van der Waals surface area contributed by atoms with Crippen molar-refractivity contribution in [2.75, 3.05) is 0 Å². The van der Waals surface area contributed by atoms with Crippen LogP contribution in [0, 0.1) is 0 Å². The average molecular weight is 245 g/mol. The molecule has 1 radical (unpaired) electrons. The second-order valence-corrected chi connectivity index (χ2v) is 5.42. The van der Waals surface area contributed by atoms with Gasteiger partial charge in [0.05, 0.1) is 11.2 Å². The van der Waals surface area contributed by atoms with E-state index in [-0.39, 0.29) is 0 Å². The number of aliphatic hydroxyl groups is 1. The molecule has 0 bridgehead atoms. The third-order valence-electron chi connectivity index (χ3n) is 3.39. The average Bonchev–Trinajstić information content (AvgIpc) is 2.68. The SMILES string of the molecule is CC(C)(O)C(C)(C)O[B]c1cnc2ccccn12. The Morgan fingerprint density at radius 3 is 2.67 bits per heavy atom. The smallest absolute Gasteiger partial charge is 0.351 e. The van der Waals surface area contributed by atoms with Crippen LogP contribution in [0.4, 0.5) is 0 Å². The summed E-state index contributed by atoms with van der Waals surface area (Å²) in [5.74, 6) is 0. The van der Waals surface area contributed by atoms with Crippen LogP contribution >= 0.6 is 0 Å². The predicted molar refractivity (Wildman–Crippen MR) is 72.0 cm³/mol. The van der Waals surface area contributed by atoms with Gasteiger partial charge in [-0.1, -0.05) is 6.07 Å². The summed E-state index contributed by atoms with van der Waals surface area (Å²) in [5, 5.41) is 10.0. The minimum absolute atomic E-state index is 0.675. The van der Waals surface area contributed by atoms with E-state index in [2.05, 4.69) is 4.98 Å². The molecule has 0 unspecified atom stereocenters. The molecule has 0 amide bonds. The Hall–Kier alpha value is -1.33. The number of hydrogen-bond donors (Lipinski definition) is 1. The Balaban J connectivity index is 2.16. The molecule has 0 saturated heterocycles. The topological polar surface area (TPSA) is 46.8 Å². The van der Waals surface area contributed by atoms with E-state index >= 15 is 0 Å². The van der Waals surface area contributed by atoms with Gasteiger partial charge in [-0.05, 0) is 39.8 Å². The second-order valence-electron chi connectivity index (χ2n) is 5.42. The van der Waals surface area contributed by atoms with Gasteiger partial charge in [0.1, 0.15) is 5.65 Å². The van der Waals surface area contributed by atoms with Crippen molar-refractivity contribution < 1.29 is 9.76 Å². The molecule has 5 heteroatoms. The number of imidazole rings is 1. The molecular formula is C13H18BN2O2. The highest BCUT2D eigenvalue weighted by atomic mass is 16.5. The Labute approximate surface area is 108 Å². The van der Waals surface area contributed by atoms with Crippen molar-refractivity contribution in [1.29, 1.82) is 0 Å². The molecule has 2 aromatic rings. The van der Waals surface area contributed by atoms with E-state index < -0.39 is 11.2 Å². The van der Waals surface area contributed by atoms with Crippen LogP contribution in [0.25, 0.3) is 5.65 Å². The molecular weight excluding hydrogens is 227 g/mol. The first kappa shape index (κ1) is 13.1. The Morgan fingerprint density at radius 2 is 2.00 bits per heavy atom. The lowest BCUT2D eigenvalue weighted by Gasteiger charge is -2.37. The van der Waals surface area contributed by atoms with Gasteiger partial charge in [-0.2, -0.15) is 0 Å². The van der Waals surface area contributed by atoms with Gasteiger partial charge in [-0.15, -0.1) is 0 Å². The fraction of sp³-hybridized carbons (Fsp3) is 0.462. The fourth-order valence-corrected chi connectivity index (χ4v) is 1.39. The van der Waals surface area contributed by atoms with Gasteiger partial charge in [0.15, 0.2) is 0 Å².